The van der Waals surface area contributed by atoms with E-state index in [4.69, 9.17) is 8.92 Å². The van der Waals surface area contributed by atoms with Crippen molar-refractivity contribution in [3.8, 4) is 0 Å². The summed E-state index contributed by atoms with van der Waals surface area (Å²) in [5.74, 6) is -0.616. The van der Waals surface area contributed by atoms with E-state index in [1.54, 1.807) is 30.5 Å². The SMILES string of the molecule is CC(C)(C)OC(=O)CC[C@@H](COS(=O)(=O)Cc1ccccc1)CC1=CC=NC1(C)C. The van der Waals surface area contributed by atoms with Crippen molar-refractivity contribution in [2.75, 3.05) is 6.61 Å². The van der Waals surface area contributed by atoms with E-state index < -0.39 is 15.7 Å². The number of carbonyl (C=O) groups is 1. The van der Waals surface area contributed by atoms with E-state index >= 15 is 0 Å². The lowest BCUT2D eigenvalue weighted by atomic mass is 9.86. The summed E-state index contributed by atoms with van der Waals surface area (Å²) in [4.78, 5) is 16.6. The summed E-state index contributed by atoms with van der Waals surface area (Å²) in [5.41, 5.74) is 0.899. The van der Waals surface area contributed by atoms with Gasteiger partial charge in [-0.15, -0.1) is 0 Å². The molecule has 1 aliphatic heterocycles. The van der Waals surface area contributed by atoms with Crippen molar-refractivity contribution in [3.63, 3.8) is 0 Å². The number of benzene rings is 1. The maximum absolute atomic E-state index is 12.4. The Morgan fingerprint density at radius 1 is 1.17 bits per heavy atom. The lowest BCUT2D eigenvalue weighted by Crippen LogP contribution is -2.26. The standard InChI is InChI=1S/C23H33NO5S/c1-22(2,3)29-21(25)12-11-19(15-20-13-14-24-23(20,4)5)16-28-30(26,27)17-18-9-7-6-8-10-18/h6-10,13-14,19H,11-12,15-17H2,1-5H3/t19-/m1/s1. The third-order valence-corrected chi connectivity index (χ3v) is 6.00. The summed E-state index contributed by atoms with van der Waals surface area (Å²) in [5, 5.41) is 0. The van der Waals surface area contributed by atoms with Crippen LogP contribution in [0.4, 0.5) is 0 Å². The Morgan fingerprint density at radius 2 is 1.83 bits per heavy atom. The summed E-state index contributed by atoms with van der Waals surface area (Å²) >= 11 is 0. The van der Waals surface area contributed by atoms with Gasteiger partial charge in [-0.05, 0) is 70.6 Å². The molecule has 2 rings (SSSR count). The Hall–Kier alpha value is -1.99. The molecule has 6 nitrogen and oxygen atoms in total. The van der Waals surface area contributed by atoms with Crippen molar-refractivity contribution in [1.29, 1.82) is 0 Å². The highest BCUT2D eigenvalue weighted by Crippen LogP contribution is 2.32. The molecule has 0 spiro atoms. The van der Waals surface area contributed by atoms with Gasteiger partial charge >= 0.3 is 5.97 Å². The molecule has 0 aromatic heterocycles. The van der Waals surface area contributed by atoms with Crippen LogP contribution >= 0.6 is 0 Å². The maximum atomic E-state index is 12.4. The van der Waals surface area contributed by atoms with Gasteiger partial charge in [-0.1, -0.05) is 30.3 Å². The van der Waals surface area contributed by atoms with Gasteiger partial charge in [0.05, 0.1) is 12.1 Å². The van der Waals surface area contributed by atoms with Gasteiger partial charge in [-0.25, -0.2) is 0 Å². The summed E-state index contributed by atoms with van der Waals surface area (Å²) in [7, 11) is -3.73. The zero-order chi connectivity index (χ0) is 22.4. The topological polar surface area (TPSA) is 82.0 Å². The van der Waals surface area contributed by atoms with E-state index in [1.807, 2.05) is 46.8 Å². The van der Waals surface area contributed by atoms with Gasteiger partial charge in [0.2, 0.25) is 0 Å². The molecular weight excluding hydrogens is 402 g/mol. The molecule has 1 aliphatic rings. The van der Waals surface area contributed by atoms with E-state index in [0.29, 0.717) is 18.4 Å². The highest BCUT2D eigenvalue weighted by atomic mass is 32.2. The summed E-state index contributed by atoms with van der Waals surface area (Å²) in [6, 6.07) is 8.93. The number of allylic oxidation sites excluding steroid dienone is 1. The van der Waals surface area contributed by atoms with Crippen LogP contribution in [-0.2, 0) is 29.6 Å². The van der Waals surface area contributed by atoms with Gasteiger partial charge in [0.1, 0.15) is 11.4 Å². The number of ether oxygens (including phenoxy) is 1. The van der Waals surface area contributed by atoms with Crippen LogP contribution in [0, 0.1) is 5.92 Å². The number of nitrogens with zero attached hydrogens (tertiary/aromatic N) is 1. The maximum Gasteiger partial charge on any atom is 0.306 e. The molecule has 0 fully saturated rings. The van der Waals surface area contributed by atoms with Gasteiger partial charge in [0.15, 0.2) is 0 Å². The van der Waals surface area contributed by atoms with Crippen molar-refractivity contribution in [2.45, 2.75) is 70.8 Å². The molecule has 0 radical (unpaired) electrons. The Kier molecular flexibility index (Phi) is 7.99. The third-order valence-electron chi connectivity index (χ3n) is 4.81. The third kappa shape index (κ3) is 8.40. The molecule has 30 heavy (non-hydrogen) atoms. The number of hydrogen-bond acceptors (Lipinski definition) is 6. The first kappa shape index (κ1) is 24.3. The molecule has 0 aliphatic carbocycles. The first-order valence-corrected chi connectivity index (χ1v) is 11.8. The monoisotopic (exact) mass is 435 g/mol. The van der Waals surface area contributed by atoms with E-state index in [1.165, 1.54) is 0 Å². The highest BCUT2D eigenvalue weighted by Gasteiger charge is 2.28. The lowest BCUT2D eigenvalue weighted by Gasteiger charge is -2.25. The summed E-state index contributed by atoms with van der Waals surface area (Å²) < 4.78 is 35.6. The second-order valence-electron chi connectivity index (χ2n) is 9.20. The molecule has 1 atom stereocenters. The fourth-order valence-corrected chi connectivity index (χ4v) is 4.29. The van der Waals surface area contributed by atoms with Gasteiger partial charge in [0, 0.05) is 12.6 Å². The molecule has 1 heterocycles. The predicted octanol–water partition coefficient (Wildman–Crippen LogP) is 4.45. The van der Waals surface area contributed by atoms with Gasteiger partial charge < -0.3 is 4.74 Å². The Bertz CT molecular complexity index is 880. The number of aliphatic imine (C=N–C) groups is 1. The van der Waals surface area contributed by atoms with Crippen LogP contribution in [0.5, 0.6) is 0 Å². The van der Waals surface area contributed by atoms with Gasteiger partial charge in [0.25, 0.3) is 10.1 Å². The van der Waals surface area contributed by atoms with Gasteiger partial charge in [-0.3, -0.25) is 14.0 Å². The second kappa shape index (κ2) is 9.88. The first-order valence-electron chi connectivity index (χ1n) is 10.2. The minimum absolute atomic E-state index is 0.0192. The number of carbonyl (C=O) groups excluding carboxylic acids is 1. The molecular formula is C23H33NO5S. The Balaban J connectivity index is 2.00. The largest absolute Gasteiger partial charge is 0.460 e. The average Bonchev–Trinajstić information content (AvgIpc) is 2.94. The summed E-state index contributed by atoms with van der Waals surface area (Å²) in [6.07, 6.45) is 5.02. The molecule has 0 saturated carbocycles. The molecule has 0 unspecified atom stereocenters. The molecule has 0 N–H and O–H groups in total. The molecule has 0 amide bonds. The fraction of sp³-hybridized carbons (Fsp3) is 0.565. The molecule has 1 aromatic rings. The van der Waals surface area contributed by atoms with Crippen LogP contribution in [0.1, 0.15) is 59.4 Å². The van der Waals surface area contributed by atoms with Crippen LogP contribution in [0.25, 0.3) is 0 Å². The minimum Gasteiger partial charge on any atom is -0.460 e. The van der Waals surface area contributed by atoms with E-state index in [9.17, 15) is 13.2 Å². The highest BCUT2D eigenvalue weighted by molar-refractivity contribution is 7.85. The van der Waals surface area contributed by atoms with Crippen LogP contribution in [0.15, 0.2) is 47.0 Å². The van der Waals surface area contributed by atoms with Crippen LogP contribution in [0.3, 0.4) is 0 Å². The fourth-order valence-electron chi connectivity index (χ4n) is 3.21. The second-order valence-corrected chi connectivity index (χ2v) is 10.8. The van der Waals surface area contributed by atoms with Gasteiger partial charge in [-0.2, -0.15) is 8.42 Å². The Labute approximate surface area is 180 Å². The van der Waals surface area contributed by atoms with Crippen LogP contribution in [-0.4, -0.2) is 38.3 Å². The minimum atomic E-state index is -3.73. The number of hydrogen-bond donors (Lipinski definition) is 0. The molecule has 0 saturated heterocycles. The van der Waals surface area contributed by atoms with E-state index in [0.717, 1.165) is 5.57 Å². The summed E-state index contributed by atoms with van der Waals surface area (Å²) in [6.45, 7) is 9.52. The van der Waals surface area contributed by atoms with Crippen molar-refractivity contribution in [2.24, 2.45) is 10.9 Å². The first-order chi connectivity index (χ1) is 13.9. The van der Waals surface area contributed by atoms with Crippen molar-refractivity contribution in [3.05, 3.63) is 47.5 Å². The van der Waals surface area contributed by atoms with Crippen LogP contribution < -0.4 is 0 Å². The average molecular weight is 436 g/mol. The van der Waals surface area contributed by atoms with Crippen molar-refractivity contribution >= 4 is 22.3 Å². The number of rotatable bonds is 10. The van der Waals surface area contributed by atoms with Crippen molar-refractivity contribution < 1.29 is 22.1 Å². The molecule has 1 aromatic carbocycles. The quantitative estimate of drug-likeness (QED) is 0.400. The zero-order valence-corrected chi connectivity index (χ0v) is 19.4. The van der Waals surface area contributed by atoms with E-state index in [-0.39, 0.29) is 36.2 Å². The molecule has 166 valence electrons. The zero-order valence-electron chi connectivity index (χ0n) is 18.6. The van der Waals surface area contributed by atoms with E-state index in [2.05, 4.69) is 4.99 Å². The molecule has 0 bridgehead atoms. The molecule has 7 heteroatoms. The number of esters is 1. The predicted molar refractivity (Wildman–Crippen MR) is 119 cm³/mol. The lowest BCUT2D eigenvalue weighted by molar-refractivity contribution is -0.155. The Morgan fingerprint density at radius 3 is 2.40 bits per heavy atom. The smallest absolute Gasteiger partial charge is 0.306 e. The van der Waals surface area contributed by atoms with Crippen molar-refractivity contribution in [1.82, 2.24) is 0 Å². The van der Waals surface area contributed by atoms with Crippen LogP contribution in [0.2, 0.25) is 0 Å². The normalized spacial score (nSPS) is 16.9.